The van der Waals surface area contributed by atoms with Gasteiger partial charge in [0.25, 0.3) is 0 Å². The van der Waals surface area contributed by atoms with Crippen molar-refractivity contribution in [2.45, 2.75) is 87.9 Å². The summed E-state index contributed by atoms with van der Waals surface area (Å²) in [7, 11) is 0. The van der Waals surface area contributed by atoms with Crippen LogP contribution in [0.15, 0.2) is 47.1 Å². The maximum atomic E-state index is 6.93. The number of hydrogen-bond acceptors (Lipinski definition) is 3. The van der Waals surface area contributed by atoms with Crippen LogP contribution in [-0.4, -0.2) is 14.4 Å². The van der Waals surface area contributed by atoms with E-state index in [1.54, 1.807) is 11.1 Å². The number of nitrogens with zero attached hydrogens (tertiary/aromatic N) is 3. The fourth-order valence-electron chi connectivity index (χ4n) is 14.2. The Balaban J connectivity index is 1.21. The van der Waals surface area contributed by atoms with E-state index >= 15 is 0 Å². The van der Waals surface area contributed by atoms with Crippen LogP contribution >= 0.6 is 0 Å². The van der Waals surface area contributed by atoms with Gasteiger partial charge in [0.2, 0.25) is 0 Å². The first-order valence-electron chi connectivity index (χ1n) is 18.1. The smallest absolute Gasteiger partial charge is 0.145 e. The van der Waals surface area contributed by atoms with Crippen molar-refractivity contribution in [3.63, 3.8) is 0 Å². The van der Waals surface area contributed by atoms with E-state index in [1.807, 2.05) is 0 Å². The third-order valence-corrected chi connectivity index (χ3v) is 15.4. The van der Waals surface area contributed by atoms with Crippen LogP contribution in [-0.2, 0) is 0 Å². The molecule has 7 atom stereocenters. The summed E-state index contributed by atoms with van der Waals surface area (Å²) in [6.45, 7) is 0. The molecule has 8 aliphatic rings. The molecule has 4 nitrogen and oxygen atoms in total. The molecule has 45 heavy (non-hydrogen) atoms. The lowest BCUT2D eigenvalue weighted by atomic mass is 9.56. The van der Waals surface area contributed by atoms with Gasteiger partial charge in [0.15, 0.2) is 0 Å². The third-order valence-electron chi connectivity index (χ3n) is 15.4. The van der Waals surface area contributed by atoms with E-state index in [2.05, 4.69) is 47.1 Å². The molecule has 4 heteroatoms. The quantitative estimate of drug-likeness (QED) is 0.178. The maximum absolute atomic E-state index is 6.93. The predicted octanol–water partition coefficient (Wildman–Crippen LogP) is 10.3. The minimum absolute atomic E-state index is 0.615. The summed E-state index contributed by atoms with van der Waals surface area (Å²) in [5.41, 5.74) is 12.8. The van der Waals surface area contributed by atoms with Crippen molar-refractivity contribution in [1.82, 2.24) is 14.4 Å². The average Bonchev–Trinajstić information content (AvgIpc) is 3.78. The molecule has 0 saturated heterocycles. The molecule has 220 valence electrons. The summed E-state index contributed by atoms with van der Waals surface area (Å²) in [6.07, 6.45) is 18.4. The number of aromatic nitrogens is 3. The summed E-state index contributed by atoms with van der Waals surface area (Å²) in [6, 6.07) is 11.3. The zero-order valence-electron chi connectivity index (χ0n) is 25.5. The van der Waals surface area contributed by atoms with Crippen LogP contribution in [0.5, 0.6) is 0 Å². The molecular weight excluding hydrogens is 550 g/mol. The summed E-state index contributed by atoms with van der Waals surface area (Å²) in [4.78, 5) is 10.9. The fourth-order valence-corrected chi connectivity index (χ4v) is 14.2. The van der Waals surface area contributed by atoms with E-state index < -0.39 is 0 Å². The highest BCUT2D eigenvalue weighted by atomic mass is 16.3. The molecule has 5 saturated carbocycles. The molecule has 7 bridgehead atoms. The number of hydrogen-bond donors (Lipinski definition) is 0. The Morgan fingerprint density at radius 2 is 1.36 bits per heavy atom. The Hall–Kier alpha value is -3.66. The van der Waals surface area contributed by atoms with Crippen molar-refractivity contribution in [1.29, 1.82) is 0 Å². The van der Waals surface area contributed by atoms with E-state index in [1.165, 1.54) is 124 Å². The Kier molecular flexibility index (Phi) is 3.55. The van der Waals surface area contributed by atoms with E-state index in [-0.39, 0.29) is 0 Å². The van der Waals surface area contributed by atoms with Gasteiger partial charge in [-0.1, -0.05) is 18.2 Å². The first kappa shape index (κ1) is 22.8. The van der Waals surface area contributed by atoms with Gasteiger partial charge in [0.1, 0.15) is 11.2 Å². The molecule has 5 aromatic heterocycles. The molecule has 0 N–H and O–H groups in total. The van der Waals surface area contributed by atoms with E-state index in [0.29, 0.717) is 29.1 Å². The zero-order chi connectivity index (χ0) is 28.5. The average molecular weight is 586 g/mol. The standard InChI is InChI=1S/C41H35N3O/c1-2-4-31-26(3-1)27-13-28-34-29(16-42-37-21-8-18-5-19(9-21)7-20(6-18)32(34)37)44-30-17-43-38-23-11-25-12-24-10-22(14-41(24,25)15-23)33(38)35(30)36(39(28)44)40(27)45-31/h1-4,13,16-25H,5-12,14-15H2. The largest absolute Gasteiger partial charge is 0.455 e. The summed E-state index contributed by atoms with van der Waals surface area (Å²) >= 11 is 0. The molecule has 5 fully saturated rings. The Morgan fingerprint density at radius 1 is 0.644 bits per heavy atom. The Morgan fingerprint density at radius 3 is 2.22 bits per heavy atom. The molecule has 5 heterocycles. The van der Waals surface area contributed by atoms with Crippen LogP contribution in [0.4, 0.5) is 0 Å². The van der Waals surface area contributed by atoms with Gasteiger partial charge in [-0.05, 0) is 128 Å². The second-order valence-corrected chi connectivity index (χ2v) is 17.0. The topological polar surface area (TPSA) is 43.3 Å². The van der Waals surface area contributed by atoms with Crippen LogP contribution in [0.3, 0.4) is 0 Å². The molecule has 15 rings (SSSR count). The third kappa shape index (κ3) is 2.34. The molecule has 7 aromatic rings. The lowest BCUT2D eigenvalue weighted by molar-refractivity contribution is 0.00321. The van der Waals surface area contributed by atoms with Gasteiger partial charge in [-0.3, -0.25) is 9.97 Å². The SMILES string of the molecule is c1ccc2c(c1)oc1c2cc2c3c4c(ncc3n3c5cnc6c(c5c1c23)C1CC2CC3CC6CC32C1)C1CC2CC(C1)CC4C2. The highest BCUT2D eigenvalue weighted by Gasteiger charge is 2.66. The molecule has 8 aliphatic carbocycles. The number of benzene rings is 2. The molecule has 1 spiro atoms. The van der Waals surface area contributed by atoms with Gasteiger partial charge in [-0.2, -0.15) is 0 Å². The summed E-state index contributed by atoms with van der Waals surface area (Å²) in [5, 5.41) is 8.30. The molecular formula is C41H35N3O. The first-order valence-corrected chi connectivity index (χ1v) is 18.1. The van der Waals surface area contributed by atoms with Gasteiger partial charge < -0.3 is 8.82 Å². The number of pyridine rings is 2. The van der Waals surface area contributed by atoms with E-state index in [9.17, 15) is 0 Å². The van der Waals surface area contributed by atoms with Crippen molar-refractivity contribution in [3.8, 4) is 0 Å². The lowest BCUT2D eigenvalue weighted by Crippen LogP contribution is -2.41. The van der Waals surface area contributed by atoms with Crippen LogP contribution < -0.4 is 0 Å². The zero-order valence-corrected chi connectivity index (χ0v) is 25.5. The first-order chi connectivity index (χ1) is 22.2. The number of rotatable bonds is 0. The second-order valence-electron chi connectivity index (χ2n) is 17.0. The number of fused-ring (bicyclic) bond motifs is 16. The van der Waals surface area contributed by atoms with Crippen LogP contribution in [0.2, 0.25) is 0 Å². The predicted molar refractivity (Wildman–Crippen MR) is 177 cm³/mol. The summed E-state index contributed by atoms with van der Waals surface area (Å²) < 4.78 is 9.54. The Labute approximate surface area is 260 Å². The van der Waals surface area contributed by atoms with Crippen molar-refractivity contribution in [2.75, 3.05) is 0 Å². The van der Waals surface area contributed by atoms with Crippen molar-refractivity contribution in [3.05, 3.63) is 65.2 Å². The number of para-hydroxylation sites is 1. The van der Waals surface area contributed by atoms with E-state index in [0.717, 1.165) is 34.8 Å². The van der Waals surface area contributed by atoms with Crippen LogP contribution in [0.1, 0.15) is 110 Å². The van der Waals surface area contributed by atoms with Gasteiger partial charge in [0, 0.05) is 50.2 Å². The van der Waals surface area contributed by atoms with Crippen molar-refractivity contribution >= 4 is 60.0 Å². The second kappa shape index (κ2) is 7.01. The van der Waals surface area contributed by atoms with Gasteiger partial charge in [-0.25, -0.2) is 0 Å². The minimum Gasteiger partial charge on any atom is -0.455 e. The highest BCUT2D eigenvalue weighted by Crippen LogP contribution is 2.76. The van der Waals surface area contributed by atoms with Gasteiger partial charge in [0.05, 0.1) is 34.3 Å². The Bertz CT molecular complexity index is 2520. The van der Waals surface area contributed by atoms with Gasteiger partial charge in [-0.15, -0.1) is 0 Å². The molecule has 0 amide bonds. The fraction of sp³-hybridized carbons (Fsp3) is 0.463. The molecule has 7 unspecified atom stereocenters. The monoisotopic (exact) mass is 585 g/mol. The minimum atomic E-state index is 0.615. The van der Waals surface area contributed by atoms with Crippen molar-refractivity contribution < 1.29 is 4.42 Å². The molecule has 0 aliphatic heterocycles. The van der Waals surface area contributed by atoms with Crippen LogP contribution in [0.25, 0.3) is 60.0 Å². The normalized spacial score (nSPS) is 37.0. The van der Waals surface area contributed by atoms with Gasteiger partial charge >= 0.3 is 0 Å². The van der Waals surface area contributed by atoms with E-state index in [4.69, 9.17) is 14.4 Å². The summed E-state index contributed by atoms with van der Waals surface area (Å²) in [5.74, 6) is 6.22. The molecule has 0 radical (unpaired) electrons. The highest BCUT2D eigenvalue weighted by molar-refractivity contribution is 6.33. The molecule has 2 aromatic carbocycles. The number of furan rings is 1. The van der Waals surface area contributed by atoms with Crippen LogP contribution in [0, 0.1) is 29.1 Å². The lowest BCUT2D eigenvalue weighted by Gasteiger charge is -2.48. The maximum Gasteiger partial charge on any atom is 0.145 e. The van der Waals surface area contributed by atoms with Crippen molar-refractivity contribution in [2.24, 2.45) is 29.1 Å².